The molecule has 2 N–H and O–H groups in total. The summed E-state index contributed by atoms with van der Waals surface area (Å²) in [6, 6.07) is -0.198. The lowest BCUT2D eigenvalue weighted by Crippen LogP contribution is -2.49. The molecule has 120 valence electrons. The first-order valence-corrected chi connectivity index (χ1v) is 7.77. The molecular weight excluding hydrogens is 272 g/mol. The van der Waals surface area contributed by atoms with E-state index in [4.69, 9.17) is 9.84 Å². The van der Waals surface area contributed by atoms with E-state index in [1.165, 1.54) is 37.7 Å². The maximum absolute atomic E-state index is 12.3. The highest BCUT2D eigenvalue weighted by Gasteiger charge is 2.42. The summed E-state index contributed by atoms with van der Waals surface area (Å²) in [5.41, 5.74) is 0. The third-order valence-corrected chi connectivity index (χ3v) is 4.96. The van der Waals surface area contributed by atoms with Crippen LogP contribution in [-0.2, 0) is 9.53 Å². The molecule has 0 radical (unpaired) electrons. The molecule has 6 heteroatoms. The summed E-state index contributed by atoms with van der Waals surface area (Å²) in [6.45, 7) is 2.37. The molecule has 0 spiro atoms. The molecule has 0 aromatic heterocycles. The Bertz CT molecular complexity index is 388. The lowest BCUT2D eigenvalue weighted by Gasteiger charge is -2.30. The Balaban J connectivity index is 1.86. The van der Waals surface area contributed by atoms with E-state index in [1.54, 1.807) is 0 Å². The van der Waals surface area contributed by atoms with Crippen LogP contribution in [0.25, 0.3) is 0 Å². The zero-order chi connectivity index (χ0) is 15.4. The Kier molecular flexibility index (Phi) is 5.45. The first-order valence-electron chi connectivity index (χ1n) is 7.77. The van der Waals surface area contributed by atoms with Crippen LogP contribution in [-0.4, -0.2) is 54.9 Å². The number of amides is 2. The van der Waals surface area contributed by atoms with E-state index in [-0.39, 0.29) is 25.2 Å². The van der Waals surface area contributed by atoms with Gasteiger partial charge in [0.25, 0.3) is 0 Å². The number of carbonyl (C=O) groups excluding carboxylic acids is 1. The molecule has 2 bridgehead atoms. The molecule has 2 amide bonds. The minimum atomic E-state index is -1.01. The Morgan fingerprint density at radius 1 is 1.38 bits per heavy atom. The number of nitrogens with one attached hydrogen (secondary N) is 1. The number of methoxy groups -OCH3 is 1. The van der Waals surface area contributed by atoms with Crippen molar-refractivity contribution in [2.45, 2.75) is 38.6 Å². The fourth-order valence-electron chi connectivity index (χ4n) is 3.92. The van der Waals surface area contributed by atoms with Crippen LogP contribution in [0.1, 0.15) is 32.6 Å². The number of urea groups is 1. The normalized spacial score (nSPS) is 28.4. The van der Waals surface area contributed by atoms with Gasteiger partial charge in [-0.25, -0.2) is 4.79 Å². The van der Waals surface area contributed by atoms with Crippen molar-refractivity contribution in [1.82, 2.24) is 10.2 Å². The number of fused-ring (bicyclic) bond motifs is 2. The lowest BCUT2D eigenvalue weighted by molar-refractivity contribution is -0.137. The summed E-state index contributed by atoms with van der Waals surface area (Å²) >= 11 is 0. The van der Waals surface area contributed by atoms with Gasteiger partial charge in [0.2, 0.25) is 0 Å². The number of aliphatic carboxylic acids is 1. The van der Waals surface area contributed by atoms with Gasteiger partial charge in [0.15, 0.2) is 0 Å². The van der Waals surface area contributed by atoms with Crippen LogP contribution in [0, 0.1) is 17.8 Å². The molecule has 0 aromatic carbocycles. The van der Waals surface area contributed by atoms with Gasteiger partial charge in [-0.1, -0.05) is 6.42 Å². The second-order valence-corrected chi connectivity index (χ2v) is 6.38. The monoisotopic (exact) mass is 298 g/mol. The third kappa shape index (κ3) is 4.09. The molecule has 0 aliphatic heterocycles. The molecule has 2 fully saturated rings. The standard InChI is InChI=1S/C15H26N2O4/c1-10(13-8-11-3-4-12(13)7-11)16-15(20)17(5-6-21-2)9-14(18)19/h10-13H,3-9H2,1-2H3,(H,16,20)(H,18,19). The predicted octanol–water partition coefficient (Wildman–Crippen LogP) is 1.55. The van der Waals surface area contributed by atoms with E-state index in [9.17, 15) is 9.59 Å². The number of carboxylic acids is 1. The minimum absolute atomic E-state index is 0.103. The molecular formula is C15H26N2O4. The molecule has 0 aromatic rings. The zero-order valence-electron chi connectivity index (χ0n) is 12.9. The third-order valence-electron chi connectivity index (χ3n) is 4.96. The quantitative estimate of drug-likeness (QED) is 0.747. The molecule has 4 atom stereocenters. The molecule has 4 unspecified atom stereocenters. The second kappa shape index (κ2) is 7.11. The van der Waals surface area contributed by atoms with Crippen molar-refractivity contribution in [3.8, 4) is 0 Å². The first-order chi connectivity index (χ1) is 10.0. The second-order valence-electron chi connectivity index (χ2n) is 6.38. The van der Waals surface area contributed by atoms with Crippen LogP contribution < -0.4 is 5.32 Å². The molecule has 2 rings (SSSR count). The van der Waals surface area contributed by atoms with Gasteiger partial charge in [-0.15, -0.1) is 0 Å². The Hall–Kier alpha value is -1.30. The van der Waals surface area contributed by atoms with Gasteiger partial charge < -0.3 is 20.1 Å². The van der Waals surface area contributed by atoms with Crippen molar-refractivity contribution in [2.75, 3.05) is 26.8 Å². The van der Waals surface area contributed by atoms with Crippen molar-refractivity contribution in [3.63, 3.8) is 0 Å². The van der Waals surface area contributed by atoms with E-state index in [0.29, 0.717) is 12.5 Å². The van der Waals surface area contributed by atoms with E-state index >= 15 is 0 Å². The molecule has 2 aliphatic rings. The van der Waals surface area contributed by atoms with Gasteiger partial charge >= 0.3 is 12.0 Å². The summed E-state index contributed by atoms with van der Waals surface area (Å²) in [4.78, 5) is 24.4. The molecule has 6 nitrogen and oxygen atoms in total. The largest absolute Gasteiger partial charge is 0.480 e. The maximum Gasteiger partial charge on any atom is 0.323 e. The van der Waals surface area contributed by atoms with Crippen LogP contribution in [0.4, 0.5) is 4.79 Å². The Labute approximate surface area is 125 Å². The van der Waals surface area contributed by atoms with Crippen molar-refractivity contribution in [2.24, 2.45) is 17.8 Å². The number of ether oxygens (including phenoxy) is 1. The fraction of sp³-hybridized carbons (Fsp3) is 0.867. The number of nitrogens with zero attached hydrogens (tertiary/aromatic N) is 1. The highest BCUT2D eigenvalue weighted by atomic mass is 16.5. The molecule has 0 saturated heterocycles. The first kappa shape index (κ1) is 16.1. The van der Waals surface area contributed by atoms with Gasteiger partial charge in [0, 0.05) is 19.7 Å². The highest BCUT2D eigenvalue weighted by Crippen LogP contribution is 2.49. The summed E-state index contributed by atoms with van der Waals surface area (Å²) in [6.07, 6.45) is 5.11. The maximum atomic E-state index is 12.3. The minimum Gasteiger partial charge on any atom is -0.480 e. The van der Waals surface area contributed by atoms with Crippen molar-refractivity contribution in [1.29, 1.82) is 0 Å². The molecule has 2 saturated carbocycles. The number of hydrogen-bond donors (Lipinski definition) is 2. The van der Waals surface area contributed by atoms with E-state index in [0.717, 1.165) is 11.8 Å². The van der Waals surface area contributed by atoms with Crippen LogP contribution in [0.5, 0.6) is 0 Å². The summed E-state index contributed by atoms with van der Waals surface area (Å²) in [7, 11) is 1.54. The summed E-state index contributed by atoms with van der Waals surface area (Å²) in [5, 5.41) is 11.9. The number of hydrogen-bond acceptors (Lipinski definition) is 3. The topological polar surface area (TPSA) is 78.9 Å². The zero-order valence-corrected chi connectivity index (χ0v) is 12.9. The van der Waals surface area contributed by atoms with Crippen LogP contribution in [0.15, 0.2) is 0 Å². The Morgan fingerprint density at radius 2 is 2.14 bits per heavy atom. The Morgan fingerprint density at radius 3 is 2.67 bits per heavy atom. The van der Waals surface area contributed by atoms with E-state index in [1.807, 2.05) is 6.92 Å². The van der Waals surface area contributed by atoms with Crippen molar-refractivity contribution in [3.05, 3.63) is 0 Å². The highest BCUT2D eigenvalue weighted by molar-refractivity contribution is 5.80. The van der Waals surface area contributed by atoms with Crippen LogP contribution >= 0.6 is 0 Å². The van der Waals surface area contributed by atoms with Gasteiger partial charge in [-0.2, -0.15) is 0 Å². The van der Waals surface area contributed by atoms with E-state index < -0.39 is 5.97 Å². The molecule has 21 heavy (non-hydrogen) atoms. The summed E-state index contributed by atoms with van der Waals surface area (Å²) < 4.78 is 4.93. The molecule has 2 aliphatic carbocycles. The lowest BCUT2D eigenvalue weighted by atomic mass is 9.84. The van der Waals surface area contributed by atoms with Gasteiger partial charge in [0.05, 0.1) is 6.61 Å². The van der Waals surface area contributed by atoms with Crippen LogP contribution in [0.2, 0.25) is 0 Å². The predicted molar refractivity (Wildman–Crippen MR) is 78.0 cm³/mol. The molecule has 0 heterocycles. The number of carbonyl (C=O) groups is 2. The van der Waals surface area contributed by atoms with Crippen molar-refractivity contribution >= 4 is 12.0 Å². The average Bonchev–Trinajstić information content (AvgIpc) is 3.05. The summed E-state index contributed by atoms with van der Waals surface area (Å²) in [5.74, 6) is 1.11. The van der Waals surface area contributed by atoms with Crippen LogP contribution in [0.3, 0.4) is 0 Å². The van der Waals surface area contributed by atoms with Crippen molar-refractivity contribution < 1.29 is 19.4 Å². The number of rotatable bonds is 7. The SMILES string of the molecule is COCCN(CC(=O)O)C(=O)NC(C)C1CC2CCC1C2. The average molecular weight is 298 g/mol. The van der Waals surface area contributed by atoms with E-state index in [2.05, 4.69) is 5.32 Å². The van der Waals surface area contributed by atoms with Gasteiger partial charge in [-0.05, 0) is 43.9 Å². The van der Waals surface area contributed by atoms with Gasteiger partial charge in [0.1, 0.15) is 6.54 Å². The van der Waals surface area contributed by atoms with Gasteiger partial charge in [-0.3, -0.25) is 4.79 Å². The fourth-order valence-corrected chi connectivity index (χ4v) is 3.92. The number of carboxylic acid groups (broad SMARTS) is 1. The smallest absolute Gasteiger partial charge is 0.323 e.